The lowest BCUT2D eigenvalue weighted by atomic mass is 10.0. The van der Waals surface area contributed by atoms with Crippen LogP contribution in [-0.2, 0) is 4.79 Å². The molecule has 1 unspecified atom stereocenters. The molecule has 1 heterocycles. The lowest BCUT2D eigenvalue weighted by Crippen LogP contribution is -2.18. The van der Waals surface area contributed by atoms with E-state index in [0.717, 1.165) is 11.1 Å². The number of carbonyl (C=O) groups is 1. The van der Waals surface area contributed by atoms with Crippen molar-refractivity contribution in [2.45, 2.75) is 19.4 Å². The molecule has 3 heteroatoms. The zero-order chi connectivity index (χ0) is 11.5. The quantitative estimate of drug-likeness (QED) is 0.824. The molecule has 2 aromatic rings. The summed E-state index contributed by atoms with van der Waals surface area (Å²) in [6.07, 6.45) is 2.51. The summed E-state index contributed by atoms with van der Waals surface area (Å²) in [5.74, 6) is 0.199. The average molecular weight is 216 g/mol. The van der Waals surface area contributed by atoms with Gasteiger partial charge in [-0.3, -0.25) is 4.79 Å². The Balaban J connectivity index is 2.41. The molecule has 0 spiro atoms. The molecule has 0 amide bonds. The van der Waals surface area contributed by atoms with Crippen LogP contribution in [0.25, 0.3) is 10.9 Å². The van der Waals surface area contributed by atoms with Gasteiger partial charge in [0.05, 0.1) is 0 Å². The third-order valence-electron chi connectivity index (χ3n) is 2.84. The molecule has 0 fully saturated rings. The Morgan fingerprint density at radius 1 is 1.44 bits per heavy atom. The van der Waals surface area contributed by atoms with Crippen molar-refractivity contribution in [2.75, 3.05) is 7.05 Å². The number of aromatic amines is 1. The average Bonchev–Trinajstić information content (AvgIpc) is 2.69. The number of Topliss-reactive ketones (excluding diaryl/α,β-unsaturated/α-hetero) is 1. The van der Waals surface area contributed by atoms with Gasteiger partial charge in [-0.15, -0.1) is 0 Å². The molecule has 2 rings (SSSR count). The van der Waals surface area contributed by atoms with E-state index >= 15 is 0 Å². The van der Waals surface area contributed by atoms with Gasteiger partial charge < -0.3 is 10.3 Å². The van der Waals surface area contributed by atoms with Crippen molar-refractivity contribution in [1.82, 2.24) is 10.3 Å². The predicted octanol–water partition coefficient (Wildman–Crippen LogP) is 2.41. The number of H-pyrrole nitrogens is 1. The second kappa shape index (κ2) is 4.49. The summed E-state index contributed by atoms with van der Waals surface area (Å²) in [6, 6.07) is 8.22. The van der Waals surface area contributed by atoms with Crippen LogP contribution >= 0.6 is 0 Å². The minimum absolute atomic E-state index is 0.0913. The molecule has 0 saturated carbocycles. The second-order valence-corrected chi connectivity index (χ2v) is 4.04. The second-order valence-electron chi connectivity index (χ2n) is 4.04. The largest absolute Gasteiger partial charge is 0.361 e. The normalized spacial score (nSPS) is 12.9. The molecule has 0 aliphatic rings. The molecule has 0 aliphatic carbocycles. The van der Waals surface area contributed by atoms with Crippen LogP contribution < -0.4 is 5.32 Å². The molecule has 1 atom stereocenters. The molecule has 84 valence electrons. The van der Waals surface area contributed by atoms with Crippen molar-refractivity contribution >= 4 is 16.7 Å². The van der Waals surface area contributed by atoms with E-state index < -0.39 is 0 Å². The minimum atomic E-state index is 0.0913. The van der Waals surface area contributed by atoms with Gasteiger partial charge in [-0.25, -0.2) is 0 Å². The minimum Gasteiger partial charge on any atom is -0.361 e. The van der Waals surface area contributed by atoms with E-state index in [1.807, 2.05) is 31.4 Å². The Kier molecular flexibility index (Phi) is 3.06. The Hall–Kier alpha value is -1.61. The van der Waals surface area contributed by atoms with Crippen LogP contribution in [0.15, 0.2) is 30.5 Å². The maximum absolute atomic E-state index is 11.2. The molecule has 16 heavy (non-hydrogen) atoms. The van der Waals surface area contributed by atoms with Gasteiger partial charge in [0.15, 0.2) is 0 Å². The number of carbonyl (C=O) groups excluding carboxylic acids is 1. The van der Waals surface area contributed by atoms with Crippen LogP contribution in [-0.4, -0.2) is 17.8 Å². The first-order valence-electron chi connectivity index (χ1n) is 5.45. The lowest BCUT2D eigenvalue weighted by molar-refractivity contribution is -0.117. The van der Waals surface area contributed by atoms with E-state index in [4.69, 9.17) is 0 Å². The lowest BCUT2D eigenvalue weighted by Gasteiger charge is -2.13. The molecular weight excluding hydrogens is 200 g/mol. The Labute approximate surface area is 94.9 Å². The first-order chi connectivity index (χ1) is 7.72. The molecule has 1 aromatic heterocycles. The number of rotatable bonds is 4. The van der Waals surface area contributed by atoms with Crippen LogP contribution in [0.2, 0.25) is 0 Å². The number of benzene rings is 1. The third-order valence-corrected chi connectivity index (χ3v) is 2.84. The van der Waals surface area contributed by atoms with Crippen LogP contribution in [0.4, 0.5) is 0 Å². The fourth-order valence-electron chi connectivity index (χ4n) is 2.04. The van der Waals surface area contributed by atoms with Crippen molar-refractivity contribution in [3.8, 4) is 0 Å². The van der Waals surface area contributed by atoms with Gasteiger partial charge in [-0.05, 0) is 25.6 Å². The maximum atomic E-state index is 11.2. The van der Waals surface area contributed by atoms with Crippen molar-refractivity contribution in [3.63, 3.8) is 0 Å². The molecule has 0 saturated heterocycles. The van der Waals surface area contributed by atoms with Crippen LogP contribution in [0.5, 0.6) is 0 Å². The van der Waals surface area contributed by atoms with E-state index in [0.29, 0.717) is 6.42 Å². The Bertz CT molecular complexity index is 501. The summed E-state index contributed by atoms with van der Waals surface area (Å²) in [5, 5.41) is 4.37. The standard InChI is InChI=1S/C13H16N2O/c1-9(16)7-13(14-2)11-8-15-12-6-4-3-5-10(11)12/h3-6,8,13-15H,7H2,1-2H3. The molecule has 0 radical (unpaired) electrons. The van der Waals surface area contributed by atoms with E-state index in [2.05, 4.69) is 16.4 Å². The Morgan fingerprint density at radius 2 is 2.19 bits per heavy atom. The zero-order valence-electron chi connectivity index (χ0n) is 9.58. The summed E-state index contributed by atoms with van der Waals surface area (Å²) in [4.78, 5) is 14.4. The summed E-state index contributed by atoms with van der Waals surface area (Å²) < 4.78 is 0. The van der Waals surface area contributed by atoms with Gasteiger partial charge in [0.2, 0.25) is 0 Å². The number of hydrogen-bond donors (Lipinski definition) is 2. The highest BCUT2D eigenvalue weighted by atomic mass is 16.1. The monoisotopic (exact) mass is 216 g/mol. The molecule has 0 aliphatic heterocycles. The molecule has 0 bridgehead atoms. The van der Waals surface area contributed by atoms with Gasteiger partial charge >= 0.3 is 0 Å². The number of nitrogens with one attached hydrogen (secondary N) is 2. The highest BCUT2D eigenvalue weighted by molar-refractivity contribution is 5.85. The van der Waals surface area contributed by atoms with E-state index in [1.165, 1.54) is 5.39 Å². The Morgan fingerprint density at radius 3 is 2.88 bits per heavy atom. The topological polar surface area (TPSA) is 44.9 Å². The predicted molar refractivity (Wildman–Crippen MR) is 65.4 cm³/mol. The molecule has 1 aromatic carbocycles. The van der Waals surface area contributed by atoms with Crippen LogP contribution in [0.1, 0.15) is 24.9 Å². The maximum Gasteiger partial charge on any atom is 0.131 e. The molecule has 3 nitrogen and oxygen atoms in total. The summed E-state index contributed by atoms with van der Waals surface area (Å²) in [5.41, 5.74) is 2.27. The van der Waals surface area contributed by atoms with Crippen molar-refractivity contribution in [1.29, 1.82) is 0 Å². The van der Waals surface area contributed by atoms with Gasteiger partial charge in [-0.1, -0.05) is 18.2 Å². The SMILES string of the molecule is CNC(CC(C)=O)c1c[nH]c2ccccc12. The summed E-state index contributed by atoms with van der Waals surface area (Å²) in [6.45, 7) is 1.62. The number of fused-ring (bicyclic) bond motifs is 1. The fraction of sp³-hybridized carbons (Fsp3) is 0.308. The van der Waals surface area contributed by atoms with Gasteiger partial charge in [0, 0.05) is 29.6 Å². The fourth-order valence-corrected chi connectivity index (χ4v) is 2.04. The highest BCUT2D eigenvalue weighted by Crippen LogP contribution is 2.25. The molecular formula is C13H16N2O. The first-order valence-corrected chi connectivity index (χ1v) is 5.45. The third kappa shape index (κ3) is 1.99. The van der Waals surface area contributed by atoms with Crippen LogP contribution in [0, 0.1) is 0 Å². The zero-order valence-corrected chi connectivity index (χ0v) is 9.58. The summed E-state index contributed by atoms with van der Waals surface area (Å²) in [7, 11) is 1.88. The van der Waals surface area contributed by atoms with E-state index in [-0.39, 0.29) is 11.8 Å². The van der Waals surface area contributed by atoms with Crippen molar-refractivity contribution in [2.24, 2.45) is 0 Å². The van der Waals surface area contributed by atoms with Gasteiger partial charge in [0.1, 0.15) is 5.78 Å². The first kappa shape index (κ1) is 10.9. The number of aromatic nitrogens is 1. The van der Waals surface area contributed by atoms with Crippen molar-refractivity contribution < 1.29 is 4.79 Å². The summed E-state index contributed by atoms with van der Waals surface area (Å²) >= 11 is 0. The van der Waals surface area contributed by atoms with Crippen molar-refractivity contribution in [3.05, 3.63) is 36.0 Å². The number of para-hydroxylation sites is 1. The molecule has 2 N–H and O–H groups in total. The van der Waals surface area contributed by atoms with Gasteiger partial charge in [-0.2, -0.15) is 0 Å². The van der Waals surface area contributed by atoms with Crippen LogP contribution in [0.3, 0.4) is 0 Å². The number of ketones is 1. The van der Waals surface area contributed by atoms with E-state index in [1.54, 1.807) is 6.92 Å². The van der Waals surface area contributed by atoms with Gasteiger partial charge in [0.25, 0.3) is 0 Å². The number of hydrogen-bond acceptors (Lipinski definition) is 2. The smallest absolute Gasteiger partial charge is 0.131 e. The van der Waals surface area contributed by atoms with E-state index in [9.17, 15) is 4.79 Å². The highest BCUT2D eigenvalue weighted by Gasteiger charge is 2.15.